The van der Waals surface area contributed by atoms with Crippen LogP contribution in [-0.2, 0) is 5.60 Å². The SMILES string of the molecule is Cc1ccc([C@@](O)(CCNC(=O)N2CCCC[C@H]2C)C(F)(F)F)o1. The van der Waals surface area contributed by atoms with Gasteiger partial charge in [0.25, 0.3) is 0 Å². The number of rotatable bonds is 4. The van der Waals surface area contributed by atoms with Crippen LogP contribution < -0.4 is 5.32 Å². The molecule has 1 aliphatic rings. The van der Waals surface area contributed by atoms with E-state index in [1.807, 2.05) is 6.92 Å². The summed E-state index contributed by atoms with van der Waals surface area (Å²) in [5.41, 5.74) is -3.12. The summed E-state index contributed by atoms with van der Waals surface area (Å²) in [7, 11) is 0. The Hall–Kier alpha value is -1.70. The number of halogens is 3. The molecular weight excluding hydrogens is 325 g/mol. The highest BCUT2D eigenvalue weighted by Gasteiger charge is 2.56. The smallest absolute Gasteiger partial charge is 0.424 e. The van der Waals surface area contributed by atoms with Crippen molar-refractivity contribution in [3.05, 3.63) is 23.7 Å². The maximum atomic E-state index is 13.3. The average molecular weight is 348 g/mol. The zero-order valence-electron chi connectivity index (χ0n) is 13.8. The lowest BCUT2D eigenvalue weighted by Gasteiger charge is -2.34. The Morgan fingerprint density at radius 3 is 2.67 bits per heavy atom. The molecule has 1 saturated heterocycles. The number of likely N-dealkylation sites (tertiary alicyclic amines) is 1. The summed E-state index contributed by atoms with van der Waals surface area (Å²) >= 11 is 0. The molecule has 0 unspecified atom stereocenters. The van der Waals surface area contributed by atoms with Crippen LogP contribution in [0.15, 0.2) is 16.5 Å². The van der Waals surface area contributed by atoms with E-state index in [0.717, 1.165) is 25.3 Å². The van der Waals surface area contributed by atoms with Gasteiger partial charge >= 0.3 is 12.2 Å². The number of furan rings is 1. The maximum absolute atomic E-state index is 13.3. The summed E-state index contributed by atoms with van der Waals surface area (Å²) in [6, 6.07) is 2.13. The van der Waals surface area contributed by atoms with E-state index in [4.69, 9.17) is 4.42 Å². The second kappa shape index (κ2) is 7.04. The lowest BCUT2D eigenvalue weighted by Crippen LogP contribution is -2.49. The van der Waals surface area contributed by atoms with E-state index >= 15 is 0 Å². The average Bonchev–Trinajstić information content (AvgIpc) is 2.93. The van der Waals surface area contributed by atoms with E-state index in [0.29, 0.717) is 6.54 Å². The van der Waals surface area contributed by atoms with Crippen LogP contribution in [0.2, 0.25) is 0 Å². The molecule has 2 atom stereocenters. The molecule has 1 aliphatic heterocycles. The zero-order valence-corrected chi connectivity index (χ0v) is 13.8. The predicted octanol–water partition coefficient (Wildman–Crippen LogP) is 3.31. The number of urea groups is 1. The normalized spacial score (nSPS) is 21.4. The molecule has 1 fully saturated rings. The van der Waals surface area contributed by atoms with E-state index in [-0.39, 0.29) is 18.3 Å². The van der Waals surface area contributed by atoms with Crippen LogP contribution in [0.5, 0.6) is 0 Å². The van der Waals surface area contributed by atoms with E-state index in [1.54, 1.807) is 4.90 Å². The molecule has 8 heteroatoms. The predicted molar refractivity (Wildman–Crippen MR) is 81.4 cm³/mol. The Balaban J connectivity index is 2.00. The minimum absolute atomic E-state index is 0.0629. The van der Waals surface area contributed by atoms with E-state index < -0.39 is 30.0 Å². The molecule has 5 nitrogen and oxygen atoms in total. The molecule has 2 N–H and O–H groups in total. The lowest BCUT2D eigenvalue weighted by atomic mass is 9.95. The zero-order chi connectivity index (χ0) is 18.0. The standard InChI is InChI=1S/C16H23F3N2O3/c1-11-5-3-4-10-21(11)14(22)20-9-8-15(23,16(17,18)19)13-7-6-12(2)24-13/h6-7,11,23H,3-5,8-10H2,1-2H3,(H,20,22)/t11-,15+/m1/s1. The Bertz CT molecular complexity index is 573. The van der Waals surface area contributed by atoms with Gasteiger partial charge in [-0.15, -0.1) is 0 Å². The Morgan fingerprint density at radius 2 is 2.12 bits per heavy atom. The maximum Gasteiger partial charge on any atom is 0.424 e. The summed E-state index contributed by atoms with van der Waals surface area (Å²) in [5.74, 6) is -0.285. The minimum Gasteiger partial charge on any atom is -0.463 e. The van der Waals surface area contributed by atoms with Crippen LogP contribution in [0.3, 0.4) is 0 Å². The molecule has 0 bridgehead atoms. The van der Waals surface area contributed by atoms with Crippen molar-refractivity contribution < 1.29 is 27.5 Å². The summed E-state index contributed by atoms with van der Waals surface area (Å²) in [4.78, 5) is 13.7. The third-order valence-electron chi connectivity index (χ3n) is 4.44. The third kappa shape index (κ3) is 3.85. The number of amides is 2. The van der Waals surface area contributed by atoms with Gasteiger partial charge < -0.3 is 19.7 Å². The molecule has 2 heterocycles. The van der Waals surface area contributed by atoms with Crippen LogP contribution in [0.4, 0.5) is 18.0 Å². The summed E-state index contributed by atoms with van der Waals surface area (Å²) in [5, 5.41) is 12.6. The number of hydrogen-bond acceptors (Lipinski definition) is 3. The second-order valence-corrected chi connectivity index (χ2v) is 6.29. The topological polar surface area (TPSA) is 65.7 Å². The first-order chi connectivity index (χ1) is 11.1. The first-order valence-corrected chi connectivity index (χ1v) is 8.05. The van der Waals surface area contributed by atoms with E-state index in [9.17, 15) is 23.1 Å². The molecular formula is C16H23F3N2O3. The fourth-order valence-electron chi connectivity index (χ4n) is 2.91. The molecule has 0 saturated carbocycles. The van der Waals surface area contributed by atoms with Crippen molar-refractivity contribution in [1.82, 2.24) is 10.2 Å². The van der Waals surface area contributed by atoms with Crippen LogP contribution in [0.1, 0.15) is 44.1 Å². The van der Waals surface area contributed by atoms with Crippen molar-refractivity contribution in [2.24, 2.45) is 0 Å². The van der Waals surface area contributed by atoms with Crippen molar-refractivity contribution in [3.8, 4) is 0 Å². The molecule has 136 valence electrons. The largest absolute Gasteiger partial charge is 0.463 e. The minimum atomic E-state index is -4.90. The highest BCUT2D eigenvalue weighted by molar-refractivity contribution is 5.74. The highest BCUT2D eigenvalue weighted by atomic mass is 19.4. The first-order valence-electron chi connectivity index (χ1n) is 8.05. The van der Waals surface area contributed by atoms with Gasteiger partial charge in [0.15, 0.2) is 0 Å². The molecule has 2 rings (SSSR count). The van der Waals surface area contributed by atoms with Gasteiger partial charge in [0.1, 0.15) is 11.5 Å². The van der Waals surface area contributed by atoms with Crippen molar-refractivity contribution in [2.45, 2.75) is 57.3 Å². The van der Waals surface area contributed by atoms with Crippen molar-refractivity contribution in [1.29, 1.82) is 0 Å². The molecule has 1 aromatic heterocycles. The molecule has 1 aromatic rings. The van der Waals surface area contributed by atoms with Crippen molar-refractivity contribution in [3.63, 3.8) is 0 Å². The van der Waals surface area contributed by atoms with Gasteiger partial charge in [-0.3, -0.25) is 0 Å². The van der Waals surface area contributed by atoms with Crippen LogP contribution in [-0.4, -0.2) is 41.3 Å². The van der Waals surface area contributed by atoms with Gasteiger partial charge in [-0.2, -0.15) is 13.2 Å². The van der Waals surface area contributed by atoms with E-state index in [1.165, 1.54) is 13.0 Å². The molecule has 0 aliphatic carbocycles. The van der Waals surface area contributed by atoms with Gasteiger partial charge in [0.2, 0.25) is 5.60 Å². The fourth-order valence-corrected chi connectivity index (χ4v) is 2.91. The number of aliphatic hydroxyl groups is 1. The number of nitrogens with one attached hydrogen (secondary N) is 1. The quantitative estimate of drug-likeness (QED) is 0.877. The summed E-state index contributed by atoms with van der Waals surface area (Å²) in [6.07, 6.45) is -2.81. The van der Waals surface area contributed by atoms with Gasteiger partial charge in [-0.1, -0.05) is 0 Å². The van der Waals surface area contributed by atoms with Gasteiger partial charge in [0.05, 0.1) is 0 Å². The van der Waals surface area contributed by atoms with Crippen molar-refractivity contribution in [2.75, 3.05) is 13.1 Å². The number of piperidine rings is 1. The Labute approximate surface area is 138 Å². The number of carbonyl (C=O) groups is 1. The Kier molecular flexibility index (Phi) is 5.47. The number of nitrogens with zero attached hydrogens (tertiary/aromatic N) is 1. The number of hydrogen-bond donors (Lipinski definition) is 2. The summed E-state index contributed by atoms with van der Waals surface area (Å²) < 4.78 is 44.9. The lowest BCUT2D eigenvalue weighted by molar-refractivity contribution is -0.274. The van der Waals surface area contributed by atoms with Crippen LogP contribution >= 0.6 is 0 Å². The van der Waals surface area contributed by atoms with Gasteiger partial charge in [-0.05, 0) is 45.2 Å². The highest BCUT2D eigenvalue weighted by Crippen LogP contribution is 2.42. The molecule has 24 heavy (non-hydrogen) atoms. The number of alkyl halides is 3. The van der Waals surface area contributed by atoms with Crippen LogP contribution in [0.25, 0.3) is 0 Å². The Morgan fingerprint density at radius 1 is 1.42 bits per heavy atom. The fraction of sp³-hybridized carbons (Fsp3) is 0.688. The second-order valence-electron chi connectivity index (χ2n) is 6.29. The van der Waals surface area contributed by atoms with Crippen LogP contribution in [0, 0.1) is 6.92 Å². The van der Waals surface area contributed by atoms with E-state index in [2.05, 4.69) is 5.32 Å². The van der Waals surface area contributed by atoms with Crippen molar-refractivity contribution >= 4 is 6.03 Å². The summed E-state index contributed by atoms with van der Waals surface area (Å²) in [6.45, 7) is 3.70. The molecule has 0 radical (unpaired) electrons. The van der Waals surface area contributed by atoms with Gasteiger partial charge in [0, 0.05) is 25.6 Å². The molecule has 0 aromatic carbocycles. The third-order valence-corrected chi connectivity index (χ3v) is 4.44. The number of carbonyl (C=O) groups excluding carboxylic acids is 1. The monoisotopic (exact) mass is 348 g/mol. The first kappa shape index (κ1) is 18.6. The molecule has 2 amide bonds. The number of aryl methyl sites for hydroxylation is 1. The van der Waals surface area contributed by atoms with Gasteiger partial charge in [-0.25, -0.2) is 4.79 Å². The molecule has 0 spiro atoms.